The van der Waals surface area contributed by atoms with Crippen LogP contribution in [0, 0.1) is 11.8 Å². The molecule has 0 aliphatic carbocycles. The zero-order valence-corrected chi connectivity index (χ0v) is 10.1. The number of hydrogen-bond donors (Lipinski definition) is 2. The van der Waals surface area contributed by atoms with Crippen LogP contribution >= 0.6 is 0 Å². The summed E-state index contributed by atoms with van der Waals surface area (Å²) in [6.45, 7) is 3.50. The minimum absolute atomic E-state index is 0.384. The van der Waals surface area contributed by atoms with Gasteiger partial charge in [-0.05, 0) is 11.6 Å². The first-order chi connectivity index (χ1) is 8.72. The number of nitriles is 1. The third-order valence-electron chi connectivity index (χ3n) is 2.62. The number of rotatable bonds is 3. The molecule has 0 saturated carbocycles. The zero-order valence-electron chi connectivity index (χ0n) is 10.1. The van der Waals surface area contributed by atoms with Crippen LogP contribution in [0.3, 0.4) is 0 Å². The van der Waals surface area contributed by atoms with E-state index in [0.717, 1.165) is 16.5 Å². The summed E-state index contributed by atoms with van der Waals surface area (Å²) < 4.78 is 4.60. The van der Waals surface area contributed by atoms with Crippen LogP contribution < -0.4 is 5.73 Å². The summed E-state index contributed by atoms with van der Waals surface area (Å²) in [5.41, 5.74) is 7.81. The molecule has 0 bridgehead atoms. The van der Waals surface area contributed by atoms with Gasteiger partial charge in [0.1, 0.15) is 6.04 Å². The van der Waals surface area contributed by atoms with Crippen molar-refractivity contribution >= 4 is 16.9 Å². The molecule has 0 amide bonds. The van der Waals surface area contributed by atoms with Gasteiger partial charge in [-0.15, -0.1) is 0 Å². The van der Waals surface area contributed by atoms with Gasteiger partial charge in [-0.3, -0.25) is 4.79 Å². The molecule has 0 radical (unpaired) electrons. The maximum Gasteiger partial charge on any atom is 0.322 e. The Hall–Kier alpha value is -2.32. The molecule has 1 heterocycles. The van der Waals surface area contributed by atoms with Gasteiger partial charge in [0.15, 0.2) is 0 Å². The zero-order chi connectivity index (χ0) is 13.5. The molecule has 0 aliphatic heterocycles. The van der Waals surface area contributed by atoms with Gasteiger partial charge in [0, 0.05) is 30.1 Å². The molecular formula is C13H15N3O2. The Labute approximate surface area is 105 Å². The van der Waals surface area contributed by atoms with E-state index in [-0.39, 0.29) is 5.97 Å². The number of nitrogens with zero attached hydrogens (tertiary/aromatic N) is 1. The number of ether oxygens (including phenoxy) is 1. The largest absolute Gasteiger partial charge is 0.468 e. The van der Waals surface area contributed by atoms with Crippen molar-refractivity contribution in [3.63, 3.8) is 0 Å². The minimum Gasteiger partial charge on any atom is -0.468 e. The molecule has 0 spiro atoms. The van der Waals surface area contributed by atoms with Crippen LogP contribution in [-0.2, 0) is 16.0 Å². The molecular weight excluding hydrogens is 230 g/mol. The van der Waals surface area contributed by atoms with Crippen LogP contribution in [0.25, 0.3) is 10.9 Å². The van der Waals surface area contributed by atoms with Crippen LogP contribution in [0.15, 0.2) is 30.5 Å². The van der Waals surface area contributed by atoms with E-state index in [2.05, 4.69) is 16.3 Å². The average Bonchev–Trinajstić information content (AvgIpc) is 2.83. The molecule has 5 heteroatoms. The fraction of sp³-hybridized carbons (Fsp3) is 0.231. The van der Waals surface area contributed by atoms with Crippen molar-refractivity contribution in [1.29, 1.82) is 5.26 Å². The fourth-order valence-electron chi connectivity index (χ4n) is 1.77. The number of nitrogens with two attached hydrogens (primary N) is 1. The van der Waals surface area contributed by atoms with Gasteiger partial charge in [0.25, 0.3) is 0 Å². The van der Waals surface area contributed by atoms with E-state index in [1.54, 1.807) is 0 Å². The van der Waals surface area contributed by atoms with Crippen molar-refractivity contribution in [2.75, 3.05) is 7.11 Å². The van der Waals surface area contributed by atoms with Gasteiger partial charge in [0.2, 0.25) is 0 Å². The summed E-state index contributed by atoms with van der Waals surface area (Å²) in [6.07, 6.45) is 2.37. The first kappa shape index (κ1) is 13.7. The number of nitrogens with one attached hydrogen (secondary N) is 1. The monoisotopic (exact) mass is 245 g/mol. The molecule has 1 unspecified atom stereocenters. The van der Waals surface area contributed by atoms with Gasteiger partial charge in [-0.1, -0.05) is 18.2 Å². The van der Waals surface area contributed by atoms with Gasteiger partial charge in [-0.25, -0.2) is 5.26 Å². The number of esters is 1. The summed E-state index contributed by atoms with van der Waals surface area (Å²) in [7, 11) is 1.34. The van der Waals surface area contributed by atoms with Crippen molar-refractivity contribution < 1.29 is 9.53 Å². The SMILES string of the molecule is C#N.COC(=O)C(N)Cc1c[nH]c2ccccc12. The van der Waals surface area contributed by atoms with Crippen LogP contribution in [0.4, 0.5) is 0 Å². The van der Waals surface area contributed by atoms with Crippen molar-refractivity contribution in [2.24, 2.45) is 5.73 Å². The number of hydrogen-bond acceptors (Lipinski definition) is 4. The predicted octanol–water partition coefficient (Wildman–Crippen LogP) is 1.35. The molecule has 0 aliphatic rings. The van der Waals surface area contributed by atoms with Crippen LogP contribution in [0.1, 0.15) is 5.56 Å². The summed E-state index contributed by atoms with van der Waals surface area (Å²) in [5.74, 6) is -0.384. The van der Waals surface area contributed by atoms with Crippen molar-refractivity contribution in [1.82, 2.24) is 4.98 Å². The van der Waals surface area contributed by atoms with Crippen molar-refractivity contribution in [2.45, 2.75) is 12.5 Å². The lowest BCUT2D eigenvalue weighted by atomic mass is 10.1. The molecule has 18 heavy (non-hydrogen) atoms. The highest BCUT2D eigenvalue weighted by Crippen LogP contribution is 2.18. The maximum absolute atomic E-state index is 11.2. The summed E-state index contributed by atoms with van der Waals surface area (Å²) in [6, 6.07) is 7.31. The Morgan fingerprint density at radius 3 is 2.83 bits per heavy atom. The Morgan fingerprint density at radius 1 is 1.50 bits per heavy atom. The summed E-state index contributed by atoms with van der Waals surface area (Å²) >= 11 is 0. The molecule has 2 aromatic rings. The van der Waals surface area contributed by atoms with E-state index in [4.69, 9.17) is 11.0 Å². The number of para-hydroxylation sites is 1. The van der Waals surface area contributed by atoms with Crippen molar-refractivity contribution in [3.05, 3.63) is 36.0 Å². The number of carbonyl (C=O) groups is 1. The first-order valence-electron chi connectivity index (χ1n) is 5.36. The normalized spacial score (nSPS) is 11.3. The molecule has 3 N–H and O–H groups in total. The first-order valence-corrected chi connectivity index (χ1v) is 5.36. The number of fused-ring (bicyclic) bond motifs is 1. The molecule has 1 atom stereocenters. The van der Waals surface area contributed by atoms with Gasteiger partial charge < -0.3 is 15.5 Å². The topological polar surface area (TPSA) is 91.9 Å². The second kappa shape index (κ2) is 6.42. The van der Waals surface area contributed by atoms with Gasteiger partial charge in [-0.2, -0.15) is 0 Å². The smallest absolute Gasteiger partial charge is 0.322 e. The highest BCUT2D eigenvalue weighted by atomic mass is 16.5. The standard InChI is InChI=1S/C12H14N2O2.CHN/c1-16-12(15)10(13)6-8-7-14-11-5-3-2-4-9(8)11;1-2/h2-5,7,10,14H,6,13H2,1H3;1H. The number of H-pyrrole nitrogens is 1. The van der Waals surface area contributed by atoms with E-state index in [1.807, 2.05) is 30.5 Å². The van der Waals surface area contributed by atoms with E-state index >= 15 is 0 Å². The Bertz CT molecular complexity index is 545. The third-order valence-corrected chi connectivity index (χ3v) is 2.62. The molecule has 5 nitrogen and oxygen atoms in total. The lowest BCUT2D eigenvalue weighted by Gasteiger charge is -2.07. The Morgan fingerprint density at radius 2 is 2.17 bits per heavy atom. The molecule has 0 fully saturated rings. The van der Waals surface area contributed by atoms with Gasteiger partial charge in [0.05, 0.1) is 7.11 Å². The second-order valence-corrected chi connectivity index (χ2v) is 3.69. The molecule has 94 valence electrons. The minimum atomic E-state index is -0.607. The number of aromatic nitrogens is 1. The number of carbonyl (C=O) groups excluding carboxylic acids is 1. The van der Waals surface area contributed by atoms with Crippen molar-refractivity contribution in [3.8, 4) is 6.57 Å². The van der Waals surface area contributed by atoms with Crippen LogP contribution in [-0.4, -0.2) is 24.1 Å². The van der Waals surface area contributed by atoms with E-state index in [0.29, 0.717) is 6.42 Å². The lowest BCUT2D eigenvalue weighted by molar-refractivity contribution is -0.142. The van der Waals surface area contributed by atoms with Crippen LogP contribution in [0.2, 0.25) is 0 Å². The van der Waals surface area contributed by atoms with Gasteiger partial charge >= 0.3 is 5.97 Å². The Kier molecular flexibility index (Phi) is 4.90. The summed E-state index contributed by atoms with van der Waals surface area (Å²) in [5, 5.41) is 7.60. The van der Waals surface area contributed by atoms with E-state index in [9.17, 15) is 4.79 Å². The van der Waals surface area contributed by atoms with E-state index < -0.39 is 6.04 Å². The predicted molar refractivity (Wildman–Crippen MR) is 68.7 cm³/mol. The number of methoxy groups -OCH3 is 1. The van der Waals surface area contributed by atoms with E-state index in [1.165, 1.54) is 7.11 Å². The average molecular weight is 245 g/mol. The quantitative estimate of drug-likeness (QED) is 0.798. The molecule has 2 rings (SSSR count). The molecule has 0 saturated heterocycles. The fourth-order valence-corrected chi connectivity index (χ4v) is 1.77. The third kappa shape index (κ3) is 2.87. The second-order valence-electron chi connectivity index (χ2n) is 3.69. The lowest BCUT2D eigenvalue weighted by Crippen LogP contribution is -2.33. The highest BCUT2D eigenvalue weighted by Gasteiger charge is 2.16. The maximum atomic E-state index is 11.2. The summed E-state index contributed by atoms with van der Waals surface area (Å²) in [4.78, 5) is 14.4. The Balaban J connectivity index is 0.000000771. The van der Waals surface area contributed by atoms with Crippen LogP contribution in [0.5, 0.6) is 0 Å². The number of benzene rings is 1. The molecule has 1 aromatic carbocycles. The number of aromatic amines is 1. The highest BCUT2D eigenvalue weighted by molar-refractivity contribution is 5.84. The molecule has 1 aromatic heterocycles.